The Morgan fingerprint density at radius 2 is 2.15 bits per heavy atom. The number of esters is 1. The van der Waals surface area contributed by atoms with Gasteiger partial charge in [-0.2, -0.15) is 0 Å². The molecular formula is C16H18N2O5S3. The molecule has 10 heteroatoms. The van der Waals surface area contributed by atoms with Crippen molar-refractivity contribution < 1.29 is 22.7 Å². The highest BCUT2D eigenvalue weighted by Gasteiger charge is 2.32. The first kappa shape index (κ1) is 19.0. The Morgan fingerprint density at radius 3 is 2.81 bits per heavy atom. The minimum Gasteiger partial charge on any atom is -0.462 e. The average Bonchev–Trinajstić information content (AvgIpc) is 3.09. The van der Waals surface area contributed by atoms with Gasteiger partial charge in [0.05, 0.1) is 40.8 Å². The van der Waals surface area contributed by atoms with E-state index in [9.17, 15) is 18.0 Å². The number of hydrogen-bond acceptors (Lipinski definition) is 8. The molecule has 3 heterocycles. The minimum atomic E-state index is -3.17. The maximum Gasteiger partial charge on any atom is 0.341 e. The van der Waals surface area contributed by atoms with E-state index >= 15 is 0 Å². The zero-order chi connectivity index (χ0) is 18.9. The van der Waals surface area contributed by atoms with E-state index in [4.69, 9.17) is 4.74 Å². The molecule has 7 nitrogen and oxygen atoms in total. The van der Waals surface area contributed by atoms with Gasteiger partial charge in [0.2, 0.25) is 5.91 Å². The normalized spacial score (nSPS) is 15.3. The number of thiazole rings is 1. The number of amides is 1. The zero-order valence-corrected chi connectivity index (χ0v) is 16.8. The van der Waals surface area contributed by atoms with Crippen molar-refractivity contribution in [2.75, 3.05) is 17.7 Å². The van der Waals surface area contributed by atoms with Gasteiger partial charge in [0.15, 0.2) is 9.84 Å². The number of fused-ring (bicyclic) bond motifs is 1. The fraction of sp³-hybridized carbons (Fsp3) is 0.438. The molecule has 0 bridgehead atoms. The lowest BCUT2D eigenvalue weighted by molar-refractivity contribution is -0.115. The van der Waals surface area contributed by atoms with Crippen LogP contribution in [0.1, 0.15) is 38.4 Å². The molecule has 3 rings (SSSR count). The van der Waals surface area contributed by atoms with Crippen LogP contribution in [0.25, 0.3) is 0 Å². The van der Waals surface area contributed by atoms with Crippen molar-refractivity contribution >= 4 is 49.4 Å². The lowest BCUT2D eigenvalue weighted by Gasteiger charge is -2.13. The second kappa shape index (κ2) is 7.45. The summed E-state index contributed by atoms with van der Waals surface area (Å²) >= 11 is 2.59. The molecule has 0 aromatic carbocycles. The Hall–Kier alpha value is -1.78. The number of aryl methyl sites for hydroxylation is 1. The number of rotatable bonds is 5. The van der Waals surface area contributed by atoms with Gasteiger partial charge >= 0.3 is 5.97 Å². The summed E-state index contributed by atoms with van der Waals surface area (Å²) in [6.07, 6.45) is 0.344. The van der Waals surface area contributed by atoms with Crippen LogP contribution >= 0.6 is 22.7 Å². The smallest absolute Gasteiger partial charge is 0.341 e. The van der Waals surface area contributed by atoms with E-state index in [0.29, 0.717) is 21.1 Å². The lowest BCUT2D eigenvalue weighted by atomic mass is 10.1. The van der Waals surface area contributed by atoms with Gasteiger partial charge in [-0.05, 0) is 25.8 Å². The van der Waals surface area contributed by atoms with Crippen LogP contribution in [0.2, 0.25) is 0 Å². The second-order valence-electron chi connectivity index (χ2n) is 5.85. The molecule has 0 radical (unpaired) electrons. The first-order valence-electron chi connectivity index (χ1n) is 8.02. The van der Waals surface area contributed by atoms with Crippen LogP contribution in [0, 0.1) is 6.92 Å². The third-order valence-electron chi connectivity index (χ3n) is 3.85. The van der Waals surface area contributed by atoms with Crippen LogP contribution < -0.4 is 5.32 Å². The molecule has 1 N–H and O–H groups in total. The summed E-state index contributed by atoms with van der Waals surface area (Å²) in [5.41, 5.74) is 1.61. The molecule has 0 saturated carbocycles. The molecular weight excluding hydrogens is 396 g/mol. The molecule has 1 amide bonds. The monoisotopic (exact) mass is 414 g/mol. The fourth-order valence-corrected chi connectivity index (χ4v) is 6.42. The quantitative estimate of drug-likeness (QED) is 0.754. The van der Waals surface area contributed by atoms with Crippen molar-refractivity contribution in [1.29, 1.82) is 0 Å². The van der Waals surface area contributed by atoms with Gasteiger partial charge in [-0.1, -0.05) is 0 Å². The Balaban J connectivity index is 1.88. The minimum absolute atomic E-state index is 0.00533. The predicted molar refractivity (Wildman–Crippen MR) is 101 cm³/mol. The van der Waals surface area contributed by atoms with Gasteiger partial charge in [-0.25, -0.2) is 18.2 Å². The molecule has 26 heavy (non-hydrogen) atoms. The number of thiophene rings is 1. The van der Waals surface area contributed by atoms with Crippen LogP contribution in [0.3, 0.4) is 0 Å². The van der Waals surface area contributed by atoms with E-state index < -0.39 is 15.8 Å². The first-order valence-corrected chi connectivity index (χ1v) is 11.5. The fourth-order valence-electron chi connectivity index (χ4n) is 2.75. The number of carbonyl (C=O) groups is 2. The average molecular weight is 415 g/mol. The largest absolute Gasteiger partial charge is 0.462 e. The third-order valence-corrected chi connectivity index (χ3v) is 7.55. The zero-order valence-electron chi connectivity index (χ0n) is 14.3. The number of hydrogen-bond donors (Lipinski definition) is 1. The number of nitrogens with zero attached hydrogens (tertiary/aromatic N) is 1. The van der Waals surface area contributed by atoms with Crippen molar-refractivity contribution in [1.82, 2.24) is 4.98 Å². The molecule has 1 aliphatic heterocycles. The second-order valence-corrected chi connectivity index (χ2v) is 10.2. The van der Waals surface area contributed by atoms with E-state index in [1.165, 1.54) is 11.3 Å². The van der Waals surface area contributed by atoms with Crippen molar-refractivity contribution in [3.8, 4) is 0 Å². The molecule has 0 unspecified atom stereocenters. The van der Waals surface area contributed by atoms with E-state index in [2.05, 4.69) is 10.3 Å². The molecule has 0 aliphatic carbocycles. The molecule has 0 atom stereocenters. The summed E-state index contributed by atoms with van der Waals surface area (Å²) < 4.78 is 28.9. The molecule has 2 aromatic heterocycles. The molecule has 0 saturated heterocycles. The van der Waals surface area contributed by atoms with Gasteiger partial charge in [0.25, 0.3) is 0 Å². The maximum atomic E-state index is 12.4. The highest BCUT2D eigenvalue weighted by Crippen LogP contribution is 2.38. The topological polar surface area (TPSA) is 102 Å². The van der Waals surface area contributed by atoms with Gasteiger partial charge < -0.3 is 10.1 Å². The van der Waals surface area contributed by atoms with Crippen molar-refractivity contribution in [2.24, 2.45) is 0 Å². The summed E-state index contributed by atoms with van der Waals surface area (Å²) in [4.78, 5) is 29.6. The van der Waals surface area contributed by atoms with Crippen LogP contribution in [-0.4, -0.2) is 37.6 Å². The number of nitrogens with one attached hydrogen (secondary N) is 1. The number of ether oxygens (including phenoxy) is 1. The molecule has 140 valence electrons. The first-order chi connectivity index (χ1) is 12.3. The summed E-state index contributed by atoms with van der Waals surface area (Å²) in [5.74, 6) is -0.957. The van der Waals surface area contributed by atoms with Crippen LogP contribution in [0.15, 0.2) is 5.38 Å². The Morgan fingerprint density at radius 1 is 1.38 bits per heavy atom. The van der Waals surface area contributed by atoms with E-state index in [-0.39, 0.29) is 42.4 Å². The maximum absolute atomic E-state index is 12.4. The standard InChI is InChI=1S/C16H18N2O5S3/c1-3-23-16(20)14-11-4-5-26(21,22)8-12(11)25-15(14)18-13(19)6-10-7-24-9(2)17-10/h7H,3-6,8H2,1-2H3,(H,18,19). The van der Waals surface area contributed by atoms with Gasteiger partial charge in [-0.15, -0.1) is 22.7 Å². The number of sulfone groups is 1. The molecule has 0 fully saturated rings. The lowest BCUT2D eigenvalue weighted by Crippen LogP contribution is -2.20. The SMILES string of the molecule is CCOC(=O)c1c(NC(=O)Cc2csc(C)n2)sc2c1CCS(=O)(=O)C2. The van der Waals surface area contributed by atoms with Crippen molar-refractivity contribution in [2.45, 2.75) is 32.4 Å². The van der Waals surface area contributed by atoms with Gasteiger partial charge in [0.1, 0.15) is 5.00 Å². The number of aromatic nitrogens is 1. The van der Waals surface area contributed by atoms with Crippen molar-refractivity contribution in [3.05, 3.63) is 32.1 Å². The van der Waals surface area contributed by atoms with E-state index in [1.54, 1.807) is 6.92 Å². The Labute approximate surface area is 159 Å². The predicted octanol–water partition coefficient (Wildman–Crippen LogP) is 2.34. The Kier molecular flexibility index (Phi) is 5.44. The van der Waals surface area contributed by atoms with Gasteiger partial charge in [-0.3, -0.25) is 4.79 Å². The van der Waals surface area contributed by atoms with E-state index in [0.717, 1.165) is 16.3 Å². The Bertz CT molecular complexity index is 959. The van der Waals surface area contributed by atoms with Crippen LogP contribution in [0.4, 0.5) is 5.00 Å². The molecule has 0 spiro atoms. The van der Waals surface area contributed by atoms with Crippen LogP contribution in [-0.2, 0) is 38.0 Å². The highest BCUT2D eigenvalue weighted by molar-refractivity contribution is 7.90. The summed E-state index contributed by atoms with van der Waals surface area (Å²) in [6.45, 7) is 3.76. The molecule has 2 aromatic rings. The third kappa shape index (κ3) is 4.13. The van der Waals surface area contributed by atoms with E-state index in [1.807, 2.05) is 12.3 Å². The van der Waals surface area contributed by atoms with Gasteiger partial charge in [0, 0.05) is 10.3 Å². The number of carbonyl (C=O) groups excluding carboxylic acids is 2. The van der Waals surface area contributed by atoms with Crippen molar-refractivity contribution in [3.63, 3.8) is 0 Å². The molecule has 1 aliphatic rings. The summed E-state index contributed by atoms with van der Waals surface area (Å²) in [7, 11) is -3.17. The summed E-state index contributed by atoms with van der Waals surface area (Å²) in [6, 6.07) is 0. The highest BCUT2D eigenvalue weighted by atomic mass is 32.2. The van der Waals surface area contributed by atoms with Crippen LogP contribution in [0.5, 0.6) is 0 Å². The number of anilines is 1. The summed E-state index contributed by atoms with van der Waals surface area (Å²) in [5, 5.41) is 5.77.